The molecule has 0 atom stereocenters. The summed E-state index contributed by atoms with van der Waals surface area (Å²) in [7, 11) is 0. The number of hydrogen-bond donors (Lipinski definition) is 2. The molecule has 0 aliphatic heterocycles. The molecule has 0 spiro atoms. The molecule has 2 rings (SSSR count). The number of imide groups is 1. The summed E-state index contributed by atoms with van der Waals surface area (Å²) in [6.45, 7) is 4.94. The van der Waals surface area contributed by atoms with Crippen molar-refractivity contribution in [3.63, 3.8) is 0 Å². The highest BCUT2D eigenvalue weighted by Gasteiger charge is 2.10. The zero-order valence-corrected chi connectivity index (χ0v) is 14.4. The van der Waals surface area contributed by atoms with Crippen LogP contribution in [0.5, 0.6) is 5.75 Å². The lowest BCUT2D eigenvalue weighted by Gasteiger charge is -2.10. The van der Waals surface area contributed by atoms with E-state index in [1.165, 1.54) is 6.92 Å². The highest BCUT2D eigenvalue weighted by molar-refractivity contribution is 6.02. The standard InChI is InChI=1S/C19H20N2O4/c1-12-7-8-17(13(2)9-12)20-19(24)21-18(23)11-25-16-6-4-5-15(10-16)14(3)22/h4-10H,11H2,1-3H3,(H2,20,21,23,24). The average molecular weight is 340 g/mol. The summed E-state index contributed by atoms with van der Waals surface area (Å²) in [5.41, 5.74) is 3.11. The van der Waals surface area contributed by atoms with Crippen molar-refractivity contribution in [2.24, 2.45) is 0 Å². The van der Waals surface area contributed by atoms with Crippen LogP contribution in [-0.4, -0.2) is 24.3 Å². The molecule has 130 valence electrons. The third-order valence-electron chi connectivity index (χ3n) is 3.49. The van der Waals surface area contributed by atoms with Crippen LogP contribution in [0.1, 0.15) is 28.4 Å². The van der Waals surface area contributed by atoms with Gasteiger partial charge in [-0.25, -0.2) is 4.79 Å². The largest absolute Gasteiger partial charge is 0.484 e. The number of rotatable bonds is 5. The first-order valence-electron chi connectivity index (χ1n) is 7.77. The molecule has 2 aromatic carbocycles. The van der Waals surface area contributed by atoms with Crippen molar-refractivity contribution in [1.29, 1.82) is 0 Å². The zero-order valence-electron chi connectivity index (χ0n) is 14.4. The third-order valence-corrected chi connectivity index (χ3v) is 3.49. The van der Waals surface area contributed by atoms with Crippen LogP contribution in [-0.2, 0) is 4.79 Å². The SMILES string of the molecule is CC(=O)c1cccc(OCC(=O)NC(=O)Nc2ccc(C)cc2C)c1. The van der Waals surface area contributed by atoms with Crippen LogP contribution in [0.25, 0.3) is 0 Å². The second kappa shape index (κ2) is 8.10. The van der Waals surface area contributed by atoms with E-state index in [1.807, 2.05) is 26.0 Å². The molecule has 0 aromatic heterocycles. The Morgan fingerprint density at radius 2 is 1.80 bits per heavy atom. The molecule has 0 radical (unpaired) electrons. The van der Waals surface area contributed by atoms with Crippen LogP contribution in [0.3, 0.4) is 0 Å². The molecule has 0 aliphatic carbocycles. The van der Waals surface area contributed by atoms with Crippen LogP contribution in [0.15, 0.2) is 42.5 Å². The molecule has 0 bridgehead atoms. The van der Waals surface area contributed by atoms with Crippen molar-refractivity contribution >= 4 is 23.4 Å². The van der Waals surface area contributed by atoms with Gasteiger partial charge in [0.15, 0.2) is 12.4 Å². The molecule has 0 saturated heterocycles. The van der Waals surface area contributed by atoms with Crippen molar-refractivity contribution in [2.45, 2.75) is 20.8 Å². The molecular formula is C19H20N2O4. The van der Waals surface area contributed by atoms with Gasteiger partial charge in [0.25, 0.3) is 5.91 Å². The lowest BCUT2D eigenvalue weighted by Crippen LogP contribution is -2.37. The molecular weight excluding hydrogens is 320 g/mol. The van der Waals surface area contributed by atoms with Gasteiger partial charge in [-0.15, -0.1) is 0 Å². The fourth-order valence-electron chi connectivity index (χ4n) is 2.22. The van der Waals surface area contributed by atoms with Crippen LogP contribution >= 0.6 is 0 Å². The van der Waals surface area contributed by atoms with Crippen LogP contribution in [0.4, 0.5) is 10.5 Å². The lowest BCUT2D eigenvalue weighted by molar-refractivity contribution is -0.121. The van der Waals surface area contributed by atoms with Crippen LogP contribution < -0.4 is 15.4 Å². The van der Waals surface area contributed by atoms with Gasteiger partial charge >= 0.3 is 6.03 Å². The quantitative estimate of drug-likeness (QED) is 0.819. The van der Waals surface area contributed by atoms with Crippen molar-refractivity contribution in [1.82, 2.24) is 5.32 Å². The smallest absolute Gasteiger partial charge is 0.325 e. The van der Waals surface area contributed by atoms with Crippen molar-refractivity contribution in [2.75, 3.05) is 11.9 Å². The van der Waals surface area contributed by atoms with Crippen LogP contribution in [0, 0.1) is 13.8 Å². The topological polar surface area (TPSA) is 84.5 Å². The maximum absolute atomic E-state index is 11.9. The average Bonchev–Trinajstić information content (AvgIpc) is 2.56. The van der Waals surface area contributed by atoms with E-state index >= 15 is 0 Å². The first-order chi connectivity index (χ1) is 11.8. The van der Waals surface area contributed by atoms with E-state index in [0.717, 1.165) is 11.1 Å². The molecule has 6 heteroatoms. The van der Waals surface area contributed by atoms with E-state index in [4.69, 9.17) is 4.74 Å². The monoisotopic (exact) mass is 340 g/mol. The van der Waals surface area contributed by atoms with Gasteiger partial charge in [0.1, 0.15) is 5.75 Å². The van der Waals surface area contributed by atoms with Gasteiger partial charge < -0.3 is 10.1 Å². The fraction of sp³-hybridized carbons (Fsp3) is 0.211. The minimum atomic E-state index is -0.627. The molecule has 0 aliphatic rings. The number of hydrogen-bond acceptors (Lipinski definition) is 4. The van der Waals surface area contributed by atoms with Crippen molar-refractivity contribution in [3.8, 4) is 5.75 Å². The highest BCUT2D eigenvalue weighted by atomic mass is 16.5. The molecule has 6 nitrogen and oxygen atoms in total. The molecule has 0 unspecified atom stereocenters. The summed E-state index contributed by atoms with van der Waals surface area (Å²) in [5, 5.41) is 4.82. The Kier molecular flexibility index (Phi) is 5.89. The number of carbonyl (C=O) groups is 3. The predicted molar refractivity (Wildman–Crippen MR) is 95.0 cm³/mol. The molecule has 0 fully saturated rings. The number of Topliss-reactive ketones (excluding diaryl/α,β-unsaturated/α-hetero) is 1. The molecule has 25 heavy (non-hydrogen) atoms. The number of ketones is 1. The number of urea groups is 1. The van der Waals surface area contributed by atoms with Gasteiger partial charge in [-0.05, 0) is 44.5 Å². The van der Waals surface area contributed by atoms with Crippen LogP contribution in [0.2, 0.25) is 0 Å². The molecule has 0 saturated carbocycles. The minimum Gasteiger partial charge on any atom is -0.484 e. The second-order valence-corrected chi connectivity index (χ2v) is 5.69. The lowest BCUT2D eigenvalue weighted by atomic mass is 10.1. The normalized spacial score (nSPS) is 10.0. The zero-order chi connectivity index (χ0) is 18.4. The van der Waals surface area contributed by atoms with Gasteiger partial charge in [-0.2, -0.15) is 0 Å². The Morgan fingerprint density at radius 3 is 2.48 bits per heavy atom. The van der Waals surface area contributed by atoms with E-state index in [0.29, 0.717) is 17.0 Å². The Bertz CT molecular complexity index is 815. The van der Waals surface area contributed by atoms with E-state index in [-0.39, 0.29) is 12.4 Å². The van der Waals surface area contributed by atoms with Gasteiger partial charge in [0.2, 0.25) is 0 Å². The second-order valence-electron chi connectivity index (χ2n) is 5.69. The number of ether oxygens (including phenoxy) is 1. The number of carbonyl (C=O) groups excluding carboxylic acids is 3. The summed E-state index contributed by atoms with van der Waals surface area (Å²) in [5.74, 6) is -0.295. The minimum absolute atomic E-state index is 0.0947. The maximum atomic E-state index is 11.9. The first kappa shape index (κ1) is 18.2. The molecule has 2 N–H and O–H groups in total. The van der Waals surface area contributed by atoms with Gasteiger partial charge in [-0.1, -0.05) is 29.8 Å². The number of anilines is 1. The first-order valence-corrected chi connectivity index (χ1v) is 7.77. The summed E-state index contributed by atoms with van der Waals surface area (Å²) < 4.78 is 5.30. The molecule has 0 heterocycles. The molecule has 2 aromatic rings. The number of amides is 3. The molecule has 3 amide bonds. The Balaban J connectivity index is 1.86. The highest BCUT2D eigenvalue weighted by Crippen LogP contribution is 2.16. The summed E-state index contributed by atoms with van der Waals surface area (Å²) in [4.78, 5) is 35.0. The Morgan fingerprint density at radius 1 is 1.04 bits per heavy atom. The summed E-state index contributed by atoms with van der Waals surface area (Å²) in [6, 6.07) is 11.5. The van der Waals surface area contributed by atoms with Gasteiger partial charge in [-0.3, -0.25) is 14.9 Å². The predicted octanol–water partition coefficient (Wildman–Crippen LogP) is 3.23. The third kappa shape index (κ3) is 5.46. The summed E-state index contributed by atoms with van der Waals surface area (Å²) >= 11 is 0. The fourth-order valence-corrected chi connectivity index (χ4v) is 2.22. The van der Waals surface area contributed by atoms with E-state index in [9.17, 15) is 14.4 Å². The van der Waals surface area contributed by atoms with Crippen molar-refractivity contribution in [3.05, 3.63) is 59.2 Å². The van der Waals surface area contributed by atoms with Gasteiger partial charge in [0, 0.05) is 11.3 Å². The Hall–Kier alpha value is -3.15. The number of nitrogens with one attached hydrogen (secondary N) is 2. The number of benzene rings is 2. The Labute approximate surface area is 146 Å². The van der Waals surface area contributed by atoms with E-state index < -0.39 is 11.9 Å². The number of aryl methyl sites for hydroxylation is 2. The van der Waals surface area contributed by atoms with E-state index in [2.05, 4.69) is 10.6 Å². The van der Waals surface area contributed by atoms with Crippen molar-refractivity contribution < 1.29 is 19.1 Å². The van der Waals surface area contributed by atoms with E-state index in [1.54, 1.807) is 30.3 Å². The maximum Gasteiger partial charge on any atom is 0.325 e. The summed E-state index contributed by atoms with van der Waals surface area (Å²) in [6.07, 6.45) is 0. The van der Waals surface area contributed by atoms with Gasteiger partial charge in [0.05, 0.1) is 0 Å².